The Morgan fingerprint density at radius 1 is 0.508 bits per heavy atom. The van der Waals surface area contributed by atoms with Crippen molar-refractivity contribution in [3.8, 4) is 0 Å². The van der Waals surface area contributed by atoms with E-state index in [9.17, 15) is 16.8 Å². The van der Waals surface area contributed by atoms with Crippen LogP contribution in [0.3, 0.4) is 0 Å². The topological polar surface area (TPSA) is 125 Å². The zero-order valence-electron chi connectivity index (χ0n) is 36.3. The van der Waals surface area contributed by atoms with Crippen LogP contribution in [-0.4, -0.2) is 142 Å². The number of nitrogens with zero attached hydrogens (tertiary/aromatic N) is 7. The lowest BCUT2D eigenvalue weighted by Crippen LogP contribution is -2.44. The maximum absolute atomic E-state index is 13.6. The average molecular weight is 895 g/mol. The monoisotopic (exact) mass is 894 g/mol. The zero-order chi connectivity index (χ0) is 43.7. The van der Waals surface area contributed by atoms with Crippen LogP contribution in [0.15, 0.2) is 119 Å². The summed E-state index contributed by atoms with van der Waals surface area (Å²) in [5, 5.41) is 5.19. The van der Waals surface area contributed by atoms with Gasteiger partial charge in [0, 0.05) is 139 Å². The first kappa shape index (κ1) is 43.2. The number of nitrogens with one attached hydrogen (secondary N) is 1. The molecule has 14 nitrogen and oxygen atoms in total. The van der Waals surface area contributed by atoms with Crippen molar-refractivity contribution in [1.82, 2.24) is 18.2 Å². The van der Waals surface area contributed by atoms with E-state index in [1.54, 1.807) is 50.9 Å². The number of piperazine rings is 2. The normalized spacial score (nSPS) is 20.2. The number of ether oxygens (including phenoxy) is 2. The van der Waals surface area contributed by atoms with Crippen molar-refractivity contribution in [3.05, 3.63) is 109 Å². The van der Waals surface area contributed by atoms with Crippen LogP contribution in [0.25, 0.3) is 21.8 Å². The third kappa shape index (κ3) is 8.89. The van der Waals surface area contributed by atoms with Gasteiger partial charge in [-0.15, -0.1) is 0 Å². The molecule has 0 spiro atoms. The SMILES string of the molecule is COC1CCN(c2cccc(S(=O)(=O)n3ccc4ccc(N5CCN(C)CC5)cc43)c2)C1.COC1CCN(c2cccc(S(=O)(=O)n3ccc4ccc(N5CCNCC5)cc43)c2)C1. The first-order valence-corrected chi connectivity index (χ1v) is 24.8. The number of anilines is 4. The highest BCUT2D eigenvalue weighted by atomic mass is 32.2. The highest BCUT2D eigenvalue weighted by Gasteiger charge is 2.27. The van der Waals surface area contributed by atoms with E-state index < -0.39 is 20.0 Å². The quantitative estimate of drug-likeness (QED) is 0.190. The number of hydrogen-bond donors (Lipinski definition) is 1. The molecular formula is C47H58N8O6S2. The van der Waals surface area contributed by atoms with Gasteiger partial charge < -0.3 is 39.3 Å². The minimum atomic E-state index is -3.72. The number of fused-ring (bicyclic) bond motifs is 2. The molecule has 63 heavy (non-hydrogen) atoms. The molecule has 4 aliphatic heterocycles. The molecular weight excluding hydrogens is 837 g/mol. The Balaban J connectivity index is 0.000000160. The van der Waals surface area contributed by atoms with E-state index >= 15 is 0 Å². The molecule has 6 heterocycles. The molecule has 1 N–H and O–H groups in total. The zero-order valence-corrected chi connectivity index (χ0v) is 38.0. The summed E-state index contributed by atoms with van der Waals surface area (Å²) in [6, 6.07) is 30.4. The summed E-state index contributed by atoms with van der Waals surface area (Å²) in [4.78, 5) is 11.9. The maximum atomic E-state index is 13.6. The number of hydrogen-bond acceptors (Lipinski definition) is 12. The number of aromatic nitrogens is 2. The van der Waals surface area contributed by atoms with Gasteiger partial charge in [-0.2, -0.15) is 0 Å². The Bertz CT molecular complexity index is 2780. The number of methoxy groups -OCH3 is 2. The van der Waals surface area contributed by atoms with E-state index in [2.05, 4.69) is 49.0 Å². The molecule has 10 rings (SSSR count). The van der Waals surface area contributed by atoms with Crippen LogP contribution in [0.5, 0.6) is 0 Å². The fourth-order valence-corrected chi connectivity index (χ4v) is 12.0. The minimum Gasteiger partial charge on any atom is -0.380 e. The maximum Gasteiger partial charge on any atom is 0.268 e. The average Bonchev–Trinajstić information content (AvgIpc) is 4.16. The van der Waals surface area contributed by atoms with E-state index in [-0.39, 0.29) is 12.2 Å². The Morgan fingerprint density at radius 3 is 1.40 bits per heavy atom. The number of benzene rings is 4. The Morgan fingerprint density at radius 2 is 0.952 bits per heavy atom. The fraction of sp³-hybridized carbons (Fsp3) is 0.404. The summed E-state index contributed by atoms with van der Waals surface area (Å²) >= 11 is 0. The lowest BCUT2D eigenvalue weighted by molar-refractivity contribution is 0.121. The first-order chi connectivity index (χ1) is 30.5. The van der Waals surface area contributed by atoms with Crippen molar-refractivity contribution in [2.24, 2.45) is 0 Å². The number of likely N-dealkylation sites (N-methyl/N-ethyl adjacent to an activating group) is 1. The van der Waals surface area contributed by atoms with Crippen molar-refractivity contribution in [2.45, 2.75) is 34.8 Å². The van der Waals surface area contributed by atoms with Gasteiger partial charge in [-0.3, -0.25) is 0 Å². The second-order valence-corrected chi connectivity index (χ2v) is 20.6. The van der Waals surface area contributed by atoms with Crippen LogP contribution >= 0.6 is 0 Å². The fourth-order valence-electron chi connectivity index (χ4n) is 9.20. The third-order valence-electron chi connectivity index (χ3n) is 13.1. The second kappa shape index (κ2) is 18.2. The van der Waals surface area contributed by atoms with E-state index in [1.165, 1.54) is 7.94 Å². The number of rotatable bonds is 10. The van der Waals surface area contributed by atoms with Gasteiger partial charge in [0.2, 0.25) is 0 Å². The van der Waals surface area contributed by atoms with Gasteiger partial charge in [-0.25, -0.2) is 24.8 Å². The standard InChI is InChI=1S/C24H30N4O3S.C23H28N4O3S/c1-25-12-14-26(15-13-25)21-7-6-19-8-11-28(24(19)17-21)32(29,30)23-5-3-4-20(16-23)27-10-9-22(18-27)31-2;1-30-21-8-11-26(17-21)19-3-2-4-22(15-19)31(28,29)27-12-7-18-5-6-20(16-23(18)27)25-13-9-24-10-14-25/h3-8,11,16-17,22H,9-10,12-15,18H2,1-2H3;2-7,12,15-16,21,24H,8-11,13-14,17H2,1H3. The second-order valence-electron chi connectivity index (χ2n) is 16.9. The predicted molar refractivity (Wildman–Crippen MR) is 252 cm³/mol. The Labute approximate surface area is 371 Å². The molecule has 0 saturated carbocycles. The van der Waals surface area contributed by atoms with Crippen LogP contribution in [0.4, 0.5) is 22.7 Å². The largest absolute Gasteiger partial charge is 0.380 e. The van der Waals surface area contributed by atoms with Crippen LogP contribution in [0.1, 0.15) is 12.8 Å². The van der Waals surface area contributed by atoms with Crippen molar-refractivity contribution in [3.63, 3.8) is 0 Å². The van der Waals surface area contributed by atoms with Crippen LogP contribution in [0, 0.1) is 0 Å². The van der Waals surface area contributed by atoms with Crippen LogP contribution in [-0.2, 0) is 29.5 Å². The third-order valence-corrected chi connectivity index (χ3v) is 16.4. The Kier molecular flexibility index (Phi) is 12.5. The van der Waals surface area contributed by atoms with E-state index in [4.69, 9.17) is 9.47 Å². The van der Waals surface area contributed by atoms with Gasteiger partial charge in [-0.05, 0) is 92.7 Å². The molecule has 2 unspecified atom stereocenters. The lowest BCUT2D eigenvalue weighted by Gasteiger charge is -2.34. The lowest BCUT2D eigenvalue weighted by atomic mass is 10.2. The summed E-state index contributed by atoms with van der Waals surface area (Å²) in [7, 11) is -1.85. The van der Waals surface area contributed by atoms with Crippen LogP contribution < -0.4 is 24.9 Å². The minimum absolute atomic E-state index is 0.191. The van der Waals surface area contributed by atoms with Crippen LogP contribution in [0.2, 0.25) is 0 Å². The summed E-state index contributed by atoms with van der Waals surface area (Å²) < 4.78 is 68.2. The molecule has 2 aromatic heterocycles. The van der Waals surface area contributed by atoms with Gasteiger partial charge in [0.05, 0.1) is 33.0 Å². The summed E-state index contributed by atoms with van der Waals surface area (Å²) in [5.74, 6) is 0. The molecule has 6 aromatic rings. The molecule has 4 aromatic carbocycles. The summed E-state index contributed by atoms with van der Waals surface area (Å²) in [6.07, 6.45) is 5.60. The molecule has 4 aliphatic rings. The predicted octanol–water partition coefficient (Wildman–Crippen LogP) is 5.37. The molecule has 2 atom stereocenters. The first-order valence-electron chi connectivity index (χ1n) is 21.9. The van der Waals surface area contributed by atoms with Gasteiger partial charge in [-0.1, -0.05) is 24.3 Å². The smallest absolute Gasteiger partial charge is 0.268 e. The van der Waals surface area contributed by atoms with E-state index in [1.807, 2.05) is 60.7 Å². The van der Waals surface area contributed by atoms with Crippen molar-refractivity contribution in [1.29, 1.82) is 0 Å². The summed E-state index contributed by atoms with van der Waals surface area (Å²) in [6.45, 7) is 10.9. The molecule has 0 amide bonds. The Hall–Kier alpha value is -5.10. The molecule has 0 radical (unpaired) electrons. The highest BCUT2D eigenvalue weighted by molar-refractivity contribution is 7.90. The molecule has 334 valence electrons. The van der Waals surface area contributed by atoms with Gasteiger partial charge in [0.1, 0.15) is 0 Å². The molecule has 4 fully saturated rings. The van der Waals surface area contributed by atoms with Gasteiger partial charge >= 0.3 is 0 Å². The molecule has 4 saturated heterocycles. The van der Waals surface area contributed by atoms with Crippen molar-refractivity contribution in [2.75, 3.05) is 119 Å². The van der Waals surface area contributed by atoms with E-state index in [0.717, 1.165) is 125 Å². The summed E-state index contributed by atoms with van der Waals surface area (Å²) in [5.41, 5.74) is 5.38. The van der Waals surface area contributed by atoms with Crippen molar-refractivity contribution < 1.29 is 26.3 Å². The van der Waals surface area contributed by atoms with Gasteiger partial charge in [0.25, 0.3) is 20.0 Å². The van der Waals surface area contributed by atoms with Crippen molar-refractivity contribution >= 4 is 64.6 Å². The highest BCUT2D eigenvalue weighted by Crippen LogP contribution is 2.32. The molecule has 0 bridgehead atoms. The van der Waals surface area contributed by atoms with E-state index in [0.29, 0.717) is 20.8 Å². The molecule has 16 heteroatoms. The van der Waals surface area contributed by atoms with Gasteiger partial charge in [0.15, 0.2) is 0 Å². The molecule has 0 aliphatic carbocycles.